The second-order valence-corrected chi connectivity index (χ2v) is 5.90. The van der Waals surface area contributed by atoms with E-state index in [4.69, 9.17) is 4.74 Å². The predicted molar refractivity (Wildman–Crippen MR) is 81.8 cm³/mol. The van der Waals surface area contributed by atoms with Gasteiger partial charge in [-0.1, -0.05) is 20.8 Å². The molecule has 0 bridgehead atoms. The van der Waals surface area contributed by atoms with E-state index in [0.29, 0.717) is 18.1 Å². The molecule has 4 nitrogen and oxygen atoms in total. The third-order valence-corrected chi connectivity index (χ3v) is 4.17. The molecule has 0 amide bonds. The molecule has 1 aromatic rings. The van der Waals surface area contributed by atoms with E-state index in [2.05, 4.69) is 41.8 Å². The quantitative estimate of drug-likeness (QED) is 0.795. The highest BCUT2D eigenvalue weighted by Gasteiger charge is 2.32. The Kier molecular flexibility index (Phi) is 6.05. The van der Waals surface area contributed by atoms with E-state index in [-0.39, 0.29) is 0 Å². The minimum absolute atomic E-state index is 0.327. The average Bonchev–Trinajstić information content (AvgIpc) is 3.04. The normalized spacial score (nSPS) is 24.1. The highest BCUT2D eigenvalue weighted by Crippen LogP contribution is 2.24. The van der Waals surface area contributed by atoms with Gasteiger partial charge in [0.05, 0.1) is 6.10 Å². The summed E-state index contributed by atoms with van der Waals surface area (Å²) in [6.07, 6.45) is 8.78. The van der Waals surface area contributed by atoms with Crippen LogP contribution in [0.4, 0.5) is 0 Å². The summed E-state index contributed by atoms with van der Waals surface area (Å²) in [5.41, 5.74) is 0. The molecule has 1 N–H and O–H groups in total. The molecule has 1 fully saturated rings. The highest BCUT2D eigenvalue weighted by atomic mass is 16.5. The fraction of sp³-hybridized carbons (Fsp3) is 0.812. The summed E-state index contributed by atoms with van der Waals surface area (Å²) < 4.78 is 8.25. The minimum Gasteiger partial charge on any atom is -0.376 e. The Morgan fingerprint density at radius 3 is 2.95 bits per heavy atom. The van der Waals surface area contributed by atoms with Crippen LogP contribution in [-0.2, 0) is 17.7 Å². The lowest BCUT2D eigenvalue weighted by molar-refractivity contribution is 0.0601. The van der Waals surface area contributed by atoms with Crippen LogP contribution in [0.5, 0.6) is 0 Å². The van der Waals surface area contributed by atoms with Crippen molar-refractivity contribution >= 4 is 0 Å². The third-order valence-electron chi connectivity index (χ3n) is 4.17. The fourth-order valence-electron chi connectivity index (χ4n) is 3.04. The average molecular weight is 279 g/mol. The first-order valence-corrected chi connectivity index (χ1v) is 8.11. The Labute approximate surface area is 122 Å². The molecule has 1 saturated heterocycles. The smallest absolute Gasteiger partial charge is 0.110 e. The van der Waals surface area contributed by atoms with Crippen LogP contribution >= 0.6 is 0 Å². The van der Waals surface area contributed by atoms with Gasteiger partial charge in [0, 0.05) is 38.0 Å². The van der Waals surface area contributed by atoms with Gasteiger partial charge in [0.15, 0.2) is 0 Å². The number of hydrogen-bond donors (Lipinski definition) is 1. The lowest BCUT2D eigenvalue weighted by Gasteiger charge is -2.27. The molecule has 1 aliphatic heterocycles. The molecule has 20 heavy (non-hydrogen) atoms. The zero-order chi connectivity index (χ0) is 14.4. The summed E-state index contributed by atoms with van der Waals surface area (Å²) in [5.74, 6) is 1.82. The SMILES string of the molecule is CCCNC(Cc1nccn1CCC)C1OCCC1C. The molecule has 0 saturated carbocycles. The Morgan fingerprint density at radius 1 is 1.45 bits per heavy atom. The predicted octanol–water partition coefficient (Wildman–Crippen LogP) is 2.63. The van der Waals surface area contributed by atoms with Crippen molar-refractivity contribution in [2.45, 2.75) is 65.1 Å². The molecule has 0 radical (unpaired) electrons. The molecular formula is C16H29N3O. The lowest BCUT2D eigenvalue weighted by atomic mass is 9.95. The highest BCUT2D eigenvalue weighted by molar-refractivity contribution is 4.99. The minimum atomic E-state index is 0.327. The first-order chi connectivity index (χ1) is 9.76. The Hall–Kier alpha value is -0.870. The van der Waals surface area contributed by atoms with Crippen molar-refractivity contribution in [3.63, 3.8) is 0 Å². The maximum Gasteiger partial charge on any atom is 0.110 e. The van der Waals surface area contributed by atoms with Crippen LogP contribution in [0.15, 0.2) is 12.4 Å². The van der Waals surface area contributed by atoms with Crippen LogP contribution in [0, 0.1) is 5.92 Å². The van der Waals surface area contributed by atoms with Crippen molar-refractivity contribution in [3.8, 4) is 0 Å². The van der Waals surface area contributed by atoms with Gasteiger partial charge in [-0.15, -0.1) is 0 Å². The van der Waals surface area contributed by atoms with Gasteiger partial charge in [0.25, 0.3) is 0 Å². The maximum atomic E-state index is 5.97. The molecule has 4 heteroatoms. The van der Waals surface area contributed by atoms with Gasteiger partial charge in [-0.2, -0.15) is 0 Å². The summed E-state index contributed by atoms with van der Waals surface area (Å²) >= 11 is 0. The number of aryl methyl sites for hydroxylation is 1. The van der Waals surface area contributed by atoms with Crippen LogP contribution in [0.2, 0.25) is 0 Å². The molecule has 0 spiro atoms. The van der Waals surface area contributed by atoms with Gasteiger partial charge in [-0.3, -0.25) is 0 Å². The van der Waals surface area contributed by atoms with Gasteiger partial charge in [0.1, 0.15) is 5.82 Å². The van der Waals surface area contributed by atoms with Gasteiger partial charge >= 0.3 is 0 Å². The second kappa shape index (κ2) is 7.79. The molecule has 1 aliphatic rings. The van der Waals surface area contributed by atoms with Crippen LogP contribution in [-0.4, -0.2) is 34.8 Å². The van der Waals surface area contributed by atoms with Gasteiger partial charge in [0.2, 0.25) is 0 Å². The summed E-state index contributed by atoms with van der Waals surface area (Å²) in [5, 5.41) is 3.67. The van der Waals surface area contributed by atoms with E-state index in [1.807, 2.05) is 6.20 Å². The molecule has 1 aromatic heterocycles. The van der Waals surface area contributed by atoms with Crippen LogP contribution in [0.25, 0.3) is 0 Å². The molecule has 3 atom stereocenters. The van der Waals surface area contributed by atoms with Crippen LogP contribution in [0.3, 0.4) is 0 Å². The molecule has 3 unspecified atom stereocenters. The van der Waals surface area contributed by atoms with E-state index < -0.39 is 0 Å². The van der Waals surface area contributed by atoms with Gasteiger partial charge in [-0.25, -0.2) is 4.98 Å². The number of nitrogens with one attached hydrogen (secondary N) is 1. The van der Waals surface area contributed by atoms with Crippen molar-refractivity contribution in [2.75, 3.05) is 13.2 Å². The van der Waals surface area contributed by atoms with E-state index in [9.17, 15) is 0 Å². The molecular weight excluding hydrogens is 250 g/mol. The van der Waals surface area contributed by atoms with Crippen molar-refractivity contribution in [2.24, 2.45) is 5.92 Å². The zero-order valence-electron chi connectivity index (χ0n) is 13.1. The zero-order valence-corrected chi connectivity index (χ0v) is 13.1. The largest absolute Gasteiger partial charge is 0.376 e. The van der Waals surface area contributed by atoms with Crippen LogP contribution in [0.1, 0.15) is 45.9 Å². The molecule has 2 rings (SSSR count). The molecule has 114 valence electrons. The number of ether oxygens (including phenoxy) is 1. The summed E-state index contributed by atoms with van der Waals surface area (Å²) in [6.45, 7) is 9.72. The Bertz CT molecular complexity index is 391. The van der Waals surface area contributed by atoms with Crippen molar-refractivity contribution in [1.29, 1.82) is 0 Å². The second-order valence-electron chi connectivity index (χ2n) is 5.90. The van der Waals surface area contributed by atoms with Gasteiger partial charge in [-0.05, 0) is 31.7 Å². The van der Waals surface area contributed by atoms with Crippen molar-refractivity contribution < 1.29 is 4.74 Å². The molecule has 2 heterocycles. The van der Waals surface area contributed by atoms with E-state index in [1.165, 1.54) is 12.2 Å². The van der Waals surface area contributed by atoms with Gasteiger partial charge < -0.3 is 14.6 Å². The van der Waals surface area contributed by atoms with Crippen molar-refractivity contribution in [3.05, 3.63) is 18.2 Å². The third kappa shape index (κ3) is 3.83. The molecule has 0 aliphatic carbocycles. The Balaban J connectivity index is 2.04. The van der Waals surface area contributed by atoms with E-state index in [1.54, 1.807) is 0 Å². The van der Waals surface area contributed by atoms with Crippen LogP contribution < -0.4 is 5.32 Å². The maximum absolute atomic E-state index is 5.97. The molecule has 0 aromatic carbocycles. The summed E-state index contributed by atoms with van der Waals surface area (Å²) in [6, 6.07) is 0.380. The summed E-state index contributed by atoms with van der Waals surface area (Å²) in [7, 11) is 0. The summed E-state index contributed by atoms with van der Waals surface area (Å²) in [4.78, 5) is 4.55. The topological polar surface area (TPSA) is 39.1 Å². The van der Waals surface area contributed by atoms with Crippen molar-refractivity contribution in [1.82, 2.24) is 14.9 Å². The van der Waals surface area contributed by atoms with E-state index in [0.717, 1.165) is 39.0 Å². The Morgan fingerprint density at radius 2 is 2.30 bits per heavy atom. The standard InChI is InChI=1S/C16H29N3O/c1-4-7-17-14(16-13(3)6-11-20-16)12-15-18-8-10-19(15)9-5-2/h8,10,13-14,16-17H,4-7,9,11-12H2,1-3H3. The lowest BCUT2D eigenvalue weighted by Crippen LogP contribution is -2.44. The van der Waals surface area contributed by atoms with E-state index >= 15 is 0 Å². The number of rotatable bonds is 8. The monoisotopic (exact) mass is 279 g/mol. The number of nitrogens with zero attached hydrogens (tertiary/aromatic N) is 2. The first kappa shape index (κ1) is 15.5. The fourth-order valence-corrected chi connectivity index (χ4v) is 3.04. The number of hydrogen-bond acceptors (Lipinski definition) is 3. The number of aromatic nitrogens is 2. The first-order valence-electron chi connectivity index (χ1n) is 8.11. The number of imidazole rings is 1.